The Morgan fingerprint density at radius 3 is 2.76 bits per heavy atom. The van der Waals surface area contributed by atoms with Crippen LogP contribution in [0.2, 0.25) is 0 Å². The van der Waals surface area contributed by atoms with E-state index in [4.69, 9.17) is 4.74 Å². The summed E-state index contributed by atoms with van der Waals surface area (Å²) in [4.78, 5) is 8.35. The maximum absolute atomic E-state index is 5.19. The highest BCUT2D eigenvalue weighted by atomic mass is 16.5. The minimum atomic E-state index is 0.658. The summed E-state index contributed by atoms with van der Waals surface area (Å²) in [5.41, 5.74) is 0.991. The predicted octanol–water partition coefficient (Wildman–Crippen LogP) is 2.79. The lowest BCUT2D eigenvalue weighted by molar-refractivity contribution is 0.372. The molecule has 17 heavy (non-hydrogen) atoms. The number of nitrogens with zero attached hydrogens (tertiary/aromatic N) is 2. The second kappa shape index (κ2) is 5.84. The fourth-order valence-electron chi connectivity index (χ4n) is 2.45. The fraction of sp³-hybridized carbons (Fsp3) is 0.692. The Labute approximate surface area is 103 Å². The van der Waals surface area contributed by atoms with E-state index in [1.54, 1.807) is 13.4 Å². The van der Waals surface area contributed by atoms with Crippen molar-refractivity contribution in [3.8, 4) is 5.88 Å². The van der Waals surface area contributed by atoms with Crippen molar-refractivity contribution in [2.75, 3.05) is 19.0 Å². The third-order valence-corrected chi connectivity index (χ3v) is 3.51. The Bertz CT molecular complexity index is 362. The maximum Gasteiger partial charge on any atom is 0.221 e. The van der Waals surface area contributed by atoms with E-state index in [9.17, 15) is 0 Å². The van der Waals surface area contributed by atoms with Crippen molar-refractivity contribution in [3.63, 3.8) is 0 Å². The van der Waals surface area contributed by atoms with Crippen LogP contribution in [0, 0.1) is 12.8 Å². The van der Waals surface area contributed by atoms with E-state index >= 15 is 0 Å². The molecule has 0 saturated heterocycles. The lowest BCUT2D eigenvalue weighted by Gasteiger charge is -2.22. The van der Waals surface area contributed by atoms with E-state index in [-0.39, 0.29) is 0 Å². The van der Waals surface area contributed by atoms with Gasteiger partial charge in [-0.25, -0.2) is 9.97 Å². The Hall–Kier alpha value is -1.32. The van der Waals surface area contributed by atoms with Gasteiger partial charge in [0, 0.05) is 6.54 Å². The highest BCUT2D eigenvalue weighted by Crippen LogP contribution is 2.25. The molecule has 0 bridgehead atoms. The third kappa shape index (κ3) is 3.08. The topological polar surface area (TPSA) is 47.0 Å². The van der Waals surface area contributed by atoms with Gasteiger partial charge in [-0.05, 0) is 25.7 Å². The zero-order chi connectivity index (χ0) is 12.1. The summed E-state index contributed by atoms with van der Waals surface area (Å²) in [6.07, 6.45) is 8.38. The molecule has 1 aliphatic rings. The molecule has 1 fully saturated rings. The molecule has 1 aliphatic carbocycles. The summed E-state index contributed by atoms with van der Waals surface area (Å²) in [5, 5.41) is 3.43. The molecular formula is C13H21N3O. The molecule has 1 saturated carbocycles. The molecule has 0 unspecified atom stereocenters. The molecule has 0 radical (unpaired) electrons. The Morgan fingerprint density at radius 2 is 2.06 bits per heavy atom. The molecule has 4 heteroatoms. The van der Waals surface area contributed by atoms with Crippen LogP contribution >= 0.6 is 0 Å². The number of hydrogen-bond acceptors (Lipinski definition) is 4. The highest BCUT2D eigenvalue weighted by Gasteiger charge is 2.14. The van der Waals surface area contributed by atoms with Gasteiger partial charge < -0.3 is 10.1 Å². The Kier molecular flexibility index (Phi) is 4.18. The molecule has 0 spiro atoms. The molecule has 94 valence electrons. The van der Waals surface area contributed by atoms with Crippen molar-refractivity contribution < 1.29 is 4.74 Å². The van der Waals surface area contributed by atoms with Crippen LogP contribution in [0.1, 0.15) is 37.7 Å². The van der Waals surface area contributed by atoms with Gasteiger partial charge in [-0.15, -0.1) is 0 Å². The van der Waals surface area contributed by atoms with Gasteiger partial charge in [0.1, 0.15) is 12.1 Å². The normalized spacial score (nSPS) is 16.8. The second-order valence-electron chi connectivity index (χ2n) is 4.74. The van der Waals surface area contributed by atoms with Gasteiger partial charge in [0.05, 0.1) is 12.7 Å². The van der Waals surface area contributed by atoms with Gasteiger partial charge >= 0.3 is 0 Å². The van der Waals surface area contributed by atoms with Crippen LogP contribution in [-0.4, -0.2) is 23.6 Å². The zero-order valence-corrected chi connectivity index (χ0v) is 10.7. The van der Waals surface area contributed by atoms with Crippen LogP contribution in [0.5, 0.6) is 5.88 Å². The monoisotopic (exact) mass is 235 g/mol. The van der Waals surface area contributed by atoms with Gasteiger partial charge in [-0.2, -0.15) is 0 Å². The van der Waals surface area contributed by atoms with E-state index in [0.29, 0.717) is 5.88 Å². The molecule has 0 aromatic carbocycles. The largest absolute Gasteiger partial charge is 0.481 e. The number of nitrogens with one attached hydrogen (secondary N) is 1. The Balaban J connectivity index is 1.93. The van der Waals surface area contributed by atoms with Crippen LogP contribution in [-0.2, 0) is 0 Å². The summed E-state index contributed by atoms with van der Waals surface area (Å²) >= 11 is 0. The molecule has 0 aliphatic heterocycles. The molecule has 0 atom stereocenters. The summed E-state index contributed by atoms with van der Waals surface area (Å²) in [5.74, 6) is 2.36. The van der Waals surface area contributed by atoms with Crippen LogP contribution in [0.4, 0.5) is 5.82 Å². The highest BCUT2D eigenvalue weighted by molar-refractivity contribution is 5.47. The number of anilines is 1. The van der Waals surface area contributed by atoms with Crippen molar-refractivity contribution in [3.05, 3.63) is 11.9 Å². The molecule has 0 amide bonds. The molecular weight excluding hydrogens is 214 g/mol. The summed E-state index contributed by atoms with van der Waals surface area (Å²) < 4.78 is 5.19. The van der Waals surface area contributed by atoms with E-state index in [1.807, 2.05) is 6.92 Å². The van der Waals surface area contributed by atoms with Gasteiger partial charge in [0.2, 0.25) is 5.88 Å². The summed E-state index contributed by atoms with van der Waals surface area (Å²) in [6, 6.07) is 0. The minimum absolute atomic E-state index is 0.658. The standard InChI is InChI=1S/C13H21N3O/c1-10-12(15-9-16-13(10)17-2)14-8-11-6-4-3-5-7-11/h9,11H,3-8H2,1-2H3,(H,14,15,16). The van der Waals surface area contributed by atoms with Crippen molar-refractivity contribution in [2.45, 2.75) is 39.0 Å². The summed E-state index contributed by atoms with van der Waals surface area (Å²) in [6.45, 7) is 3.00. The van der Waals surface area contributed by atoms with E-state index in [0.717, 1.165) is 23.8 Å². The molecule has 1 heterocycles. The van der Waals surface area contributed by atoms with Crippen LogP contribution in [0.15, 0.2) is 6.33 Å². The molecule has 1 aromatic rings. The first-order valence-corrected chi connectivity index (χ1v) is 6.40. The van der Waals surface area contributed by atoms with Crippen LogP contribution in [0.3, 0.4) is 0 Å². The lowest BCUT2D eigenvalue weighted by atomic mass is 9.89. The average Bonchev–Trinajstić information content (AvgIpc) is 2.39. The van der Waals surface area contributed by atoms with Crippen LogP contribution in [0.25, 0.3) is 0 Å². The number of hydrogen-bond donors (Lipinski definition) is 1. The van der Waals surface area contributed by atoms with E-state index in [1.165, 1.54) is 32.1 Å². The number of methoxy groups -OCH3 is 1. The smallest absolute Gasteiger partial charge is 0.221 e. The molecule has 1 N–H and O–H groups in total. The van der Waals surface area contributed by atoms with Crippen molar-refractivity contribution >= 4 is 5.82 Å². The van der Waals surface area contributed by atoms with Gasteiger partial charge in [0.15, 0.2) is 0 Å². The average molecular weight is 235 g/mol. The van der Waals surface area contributed by atoms with Gasteiger partial charge in [-0.1, -0.05) is 19.3 Å². The van der Waals surface area contributed by atoms with Gasteiger partial charge in [-0.3, -0.25) is 0 Å². The Morgan fingerprint density at radius 1 is 1.29 bits per heavy atom. The third-order valence-electron chi connectivity index (χ3n) is 3.51. The van der Waals surface area contributed by atoms with Crippen molar-refractivity contribution in [1.82, 2.24) is 9.97 Å². The molecule has 4 nitrogen and oxygen atoms in total. The molecule has 2 rings (SSSR count). The lowest BCUT2D eigenvalue weighted by Crippen LogP contribution is -2.18. The predicted molar refractivity (Wildman–Crippen MR) is 68.4 cm³/mol. The van der Waals surface area contributed by atoms with Crippen molar-refractivity contribution in [2.24, 2.45) is 5.92 Å². The SMILES string of the molecule is COc1ncnc(NCC2CCCCC2)c1C. The van der Waals surface area contributed by atoms with Crippen molar-refractivity contribution in [1.29, 1.82) is 0 Å². The van der Waals surface area contributed by atoms with Crippen LogP contribution < -0.4 is 10.1 Å². The van der Waals surface area contributed by atoms with Gasteiger partial charge in [0.25, 0.3) is 0 Å². The van der Waals surface area contributed by atoms with E-state index in [2.05, 4.69) is 15.3 Å². The number of aromatic nitrogens is 2. The number of ether oxygens (including phenoxy) is 1. The first-order valence-electron chi connectivity index (χ1n) is 6.40. The quantitative estimate of drug-likeness (QED) is 0.871. The molecule has 1 aromatic heterocycles. The number of rotatable bonds is 4. The minimum Gasteiger partial charge on any atom is -0.481 e. The zero-order valence-electron chi connectivity index (χ0n) is 10.7. The van der Waals surface area contributed by atoms with E-state index < -0.39 is 0 Å². The maximum atomic E-state index is 5.19. The first kappa shape index (κ1) is 12.1. The fourth-order valence-corrected chi connectivity index (χ4v) is 2.45. The second-order valence-corrected chi connectivity index (χ2v) is 4.74. The first-order chi connectivity index (χ1) is 8.31. The summed E-state index contributed by atoms with van der Waals surface area (Å²) in [7, 11) is 1.64.